The van der Waals surface area contributed by atoms with E-state index in [-0.39, 0.29) is 27.2 Å². The van der Waals surface area contributed by atoms with Gasteiger partial charge < -0.3 is 5.11 Å². The number of nitrogens with one attached hydrogen (secondary N) is 1. The first-order valence-electron chi connectivity index (χ1n) is 7.93. The minimum atomic E-state index is -0.731. The molecule has 0 radical (unpaired) electrons. The zero-order valence-corrected chi connectivity index (χ0v) is 15.3. The molecule has 0 atom stereocenters. The fourth-order valence-corrected chi connectivity index (χ4v) is 3.81. The molecule has 27 heavy (non-hydrogen) atoms. The maximum atomic E-state index is 12.0. The second-order valence-corrected chi connectivity index (χ2v) is 6.77. The number of hydrogen-bond donors (Lipinski definition) is 2. The lowest BCUT2D eigenvalue weighted by Crippen LogP contribution is -2.27. The largest absolute Gasteiger partial charge is 0.504 e. The quantitative estimate of drug-likeness (QED) is 0.466. The minimum Gasteiger partial charge on any atom is -0.504 e. The van der Waals surface area contributed by atoms with Gasteiger partial charge in [0.25, 0.3) is 5.91 Å². The van der Waals surface area contributed by atoms with Crippen LogP contribution >= 0.6 is 23.2 Å². The molecule has 1 heterocycles. The van der Waals surface area contributed by atoms with E-state index in [1.54, 1.807) is 0 Å². The van der Waals surface area contributed by atoms with Gasteiger partial charge in [0.2, 0.25) is 0 Å². The third kappa shape index (κ3) is 2.63. The van der Waals surface area contributed by atoms with Crippen molar-refractivity contribution in [2.45, 2.75) is 0 Å². The van der Waals surface area contributed by atoms with Gasteiger partial charge in [0, 0.05) is 5.56 Å². The molecule has 3 aromatic rings. The first-order valence-corrected chi connectivity index (χ1v) is 8.69. The van der Waals surface area contributed by atoms with E-state index in [9.17, 15) is 14.7 Å². The number of benzene rings is 3. The third-order valence-electron chi connectivity index (χ3n) is 4.43. The molecule has 0 spiro atoms. The number of phenolic OH excluding ortho intramolecular Hbond substituents is 1. The van der Waals surface area contributed by atoms with Crippen LogP contribution in [-0.2, 0) is 4.79 Å². The van der Waals surface area contributed by atoms with Crippen molar-refractivity contribution in [3.05, 3.63) is 70.9 Å². The zero-order valence-electron chi connectivity index (χ0n) is 13.8. The predicted molar refractivity (Wildman–Crippen MR) is 106 cm³/mol. The van der Waals surface area contributed by atoms with Crippen molar-refractivity contribution in [2.75, 3.05) is 4.90 Å². The van der Waals surface area contributed by atoms with Gasteiger partial charge >= 0.3 is 6.03 Å². The first kappa shape index (κ1) is 17.4. The van der Waals surface area contributed by atoms with Crippen molar-refractivity contribution in [2.24, 2.45) is 0 Å². The molecule has 1 fully saturated rings. The molecule has 0 aromatic heterocycles. The number of hydrogen-bond acceptors (Lipinski definition) is 3. The molecular weight excluding hydrogens is 387 g/mol. The summed E-state index contributed by atoms with van der Waals surface area (Å²) in [4.78, 5) is 24.6. The van der Waals surface area contributed by atoms with Crippen LogP contribution in [0.1, 0.15) is 0 Å². The minimum absolute atomic E-state index is 0.0117. The first-order chi connectivity index (χ1) is 12.9. The molecule has 7 heteroatoms. The van der Waals surface area contributed by atoms with Crippen LogP contribution in [0, 0.1) is 0 Å². The maximum absolute atomic E-state index is 12.0. The number of rotatable bonds is 2. The summed E-state index contributed by atoms with van der Waals surface area (Å²) in [5.41, 5.74) is 1.04. The average molecular weight is 399 g/mol. The molecule has 1 saturated heterocycles. The zero-order chi connectivity index (χ0) is 19.3. The van der Waals surface area contributed by atoms with Crippen LogP contribution in [-0.4, -0.2) is 17.0 Å². The number of anilines is 1. The molecule has 1 aliphatic rings. The Balaban J connectivity index is 1.95. The molecule has 3 amide bonds. The molecule has 3 aromatic carbocycles. The van der Waals surface area contributed by atoms with E-state index < -0.39 is 11.9 Å². The number of carbonyl (C=O) groups excluding carboxylic acids is 2. The summed E-state index contributed by atoms with van der Waals surface area (Å²) >= 11 is 12.9. The number of fused-ring (bicyclic) bond motifs is 1. The Morgan fingerprint density at radius 3 is 2.44 bits per heavy atom. The van der Waals surface area contributed by atoms with Gasteiger partial charge in [0.1, 0.15) is 5.70 Å². The SMILES string of the molecule is C=C1C(=O)NC(=O)N1c1cc(Cl)c(-c2cccc3ccccc23)c(Cl)c1O. The van der Waals surface area contributed by atoms with Gasteiger partial charge in [-0.15, -0.1) is 0 Å². The van der Waals surface area contributed by atoms with Crippen LogP contribution in [0.4, 0.5) is 10.5 Å². The predicted octanol–water partition coefficient (Wildman–Crippen LogP) is 5.09. The van der Waals surface area contributed by atoms with E-state index in [1.807, 2.05) is 42.5 Å². The van der Waals surface area contributed by atoms with E-state index >= 15 is 0 Å². The summed E-state index contributed by atoms with van der Waals surface area (Å²) in [7, 11) is 0. The maximum Gasteiger partial charge on any atom is 0.333 e. The van der Waals surface area contributed by atoms with E-state index in [0.717, 1.165) is 21.2 Å². The molecule has 134 valence electrons. The Morgan fingerprint density at radius 2 is 1.74 bits per heavy atom. The number of aromatic hydroxyl groups is 1. The highest BCUT2D eigenvalue weighted by Gasteiger charge is 2.35. The van der Waals surface area contributed by atoms with Gasteiger partial charge in [0.05, 0.1) is 15.7 Å². The number of phenols is 1. The number of amides is 3. The summed E-state index contributed by atoms with van der Waals surface area (Å²) in [6.07, 6.45) is 0. The van der Waals surface area contributed by atoms with Crippen LogP contribution in [0.25, 0.3) is 21.9 Å². The number of imide groups is 1. The van der Waals surface area contributed by atoms with E-state index in [1.165, 1.54) is 6.07 Å². The molecule has 0 saturated carbocycles. The monoisotopic (exact) mass is 398 g/mol. The van der Waals surface area contributed by atoms with Crippen LogP contribution in [0.2, 0.25) is 10.0 Å². The Labute approximate surface area is 164 Å². The van der Waals surface area contributed by atoms with Gasteiger partial charge in [0.15, 0.2) is 5.75 Å². The normalized spacial score (nSPS) is 14.1. The molecule has 0 bridgehead atoms. The lowest BCUT2D eigenvalue weighted by Gasteiger charge is -2.20. The number of halogens is 2. The second kappa shape index (κ2) is 6.30. The molecule has 5 nitrogen and oxygen atoms in total. The van der Waals surface area contributed by atoms with Gasteiger partial charge in [-0.1, -0.05) is 72.2 Å². The van der Waals surface area contributed by atoms with Crippen LogP contribution < -0.4 is 10.2 Å². The van der Waals surface area contributed by atoms with Crippen LogP contribution in [0.5, 0.6) is 5.75 Å². The fourth-order valence-electron chi connectivity index (χ4n) is 3.16. The van der Waals surface area contributed by atoms with Crippen molar-refractivity contribution < 1.29 is 14.7 Å². The van der Waals surface area contributed by atoms with Gasteiger partial charge in [-0.3, -0.25) is 15.0 Å². The van der Waals surface area contributed by atoms with E-state index in [0.29, 0.717) is 5.56 Å². The number of urea groups is 1. The molecule has 0 unspecified atom stereocenters. The highest BCUT2D eigenvalue weighted by atomic mass is 35.5. The summed E-state index contributed by atoms with van der Waals surface area (Å²) in [6, 6.07) is 14.0. The fraction of sp³-hybridized carbons (Fsp3) is 0. The van der Waals surface area contributed by atoms with E-state index in [4.69, 9.17) is 23.2 Å². The Kier molecular flexibility index (Phi) is 4.06. The number of carbonyl (C=O) groups is 2. The van der Waals surface area contributed by atoms with Gasteiger partial charge in [-0.05, 0) is 22.4 Å². The van der Waals surface area contributed by atoms with Crippen LogP contribution in [0.15, 0.2) is 60.8 Å². The lowest BCUT2D eigenvalue weighted by atomic mass is 9.97. The molecule has 0 aliphatic carbocycles. The van der Waals surface area contributed by atoms with Crippen molar-refractivity contribution in [3.63, 3.8) is 0 Å². The summed E-state index contributed by atoms with van der Waals surface area (Å²) in [6.45, 7) is 3.56. The van der Waals surface area contributed by atoms with Gasteiger partial charge in [-0.25, -0.2) is 4.79 Å². The van der Waals surface area contributed by atoms with Crippen molar-refractivity contribution in [3.8, 4) is 16.9 Å². The Morgan fingerprint density at radius 1 is 1.04 bits per heavy atom. The molecule has 4 rings (SSSR count). The topological polar surface area (TPSA) is 69.6 Å². The average Bonchev–Trinajstić information content (AvgIpc) is 2.90. The third-order valence-corrected chi connectivity index (χ3v) is 5.09. The van der Waals surface area contributed by atoms with Crippen molar-refractivity contribution >= 4 is 51.6 Å². The molecule has 2 N–H and O–H groups in total. The summed E-state index contributed by atoms with van der Waals surface area (Å²) < 4.78 is 0. The second-order valence-electron chi connectivity index (χ2n) is 5.98. The number of nitrogens with zero attached hydrogens (tertiary/aromatic N) is 1. The smallest absolute Gasteiger partial charge is 0.333 e. The van der Waals surface area contributed by atoms with Gasteiger partial charge in [-0.2, -0.15) is 0 Å². The summed E-state index contributed by atoms with van der Waals surface area (Å²) in [5.74, 6) is -1.01. The highest BCUT2D eigenvalue weighted by Crippen LogP contribution is 2.48. The van der Waals surface area contributed by atoms with E-state index in [2.05, 4.69) is 11.9 Å². The van der Waals surface area contributed by atoms with Crippen molar-refractivity contribution in [1.82, 2.24) is 5.32 Å². The Bertz CT molecular complexity index is 1150. The van der Waals surface area contributed by atoms with Crippen molar-refractivity contribution in [1.29, 1.82) is 0 Å². The summed E-state index contributed by atoms with van der Waals surface area (Å²) in [5, 5.41) is 14.9. The standard InChI is InChI=1S/C20H12Cl2N2O3/c1-10-19(26)23-20(27)24(10)15-9-14(21)16(17(22)18(15)25)13-8-4-6-11-5-2-3-7-12(11)13/h2-9,25H,1H2,(H,23,26,27). The molecule has 1 aliphatic heterocycles. The van der Waals surface area contributed by atoms with Crippen LogP contribution in [0.3, 0.4) is 0 Å². The highest BCUT2D eigenvalue weighted by molar-refractivity contribution is 6.41. The molecular formula is C20H12Cl2N2O3. The Hall–Kier alpha value is -3.02. The lowest BCUT2D eigenvalue weighted by molar-refractivity contribution is -0.115.